The number of aromatic nitrogens is 2. The largest absolute Gasteiger partial charge is 0.445 e. The van der Waals surface area contributed by atoms with Gasteiger partial charge in [0, 0.05) is 17.7 Å². The number of benzene rings is 2. The van der Waals surface area contributed by atoms with Crippen LogP contribution in [0.5, 0.6) is 0 Å². The number of nitro groups is 1. The molecule has 4 aromatic rings. The molecule has 33 heavy (non-hydrogen) atoms. The van der Waals surface area contributed by atoms with Crippen LogP contribution in [0.4, 0.5) is 15.9 Å². The lowest BCUT2D eigenvalue weighted by Crippen LogP contribution is -2.41. The normalized spacial score (nSPS) is 11.4. The zero-order valence-electron chi connectivity index (χ0n) is 17.5. The Bertz CT molecular complexity index is 1390. The fourth-order valence-electron chi connectivity index (χ4n) is 3.39. The number of anilines is 1. The summed E-state index contributed by atoms with van der Waals surface area (Å²) in [5.41, 5.74) is -0.858. The van der Waals surface area contributed by atoms with Crippen molar-refractivity contribution in [2.45, 2.75) is 19.4 Å². The molecule has 0 spiro atoms. The highest BCUT2D eigenvalue weighted by atomic mass is 19.1. The van der Waals surface area contributed by atoms with Gasteiger partial charge in [0.1, 0.15) is 16.9 Å². The molecule has 0 unspecified atom stereocenters. The van der Waals surface area contributed by atoms with Crippen LogP contribution >= 0.6 is 0 Å². The minimum absolute atomic E-state index is 0.0411. The van der Waals surface area contributed by atoms with Crippen molar-refractivity contribution >= 4 is 34.4 Å². The van der Waals surface area contributed by atoms with E-state index in [0.29, 0.717) is 11.1 Å². The molecule has 168 valence electrons. The van der Waals surface area contributed by atoms with Crippen LogP contribution in [-0.2, 0) is 5.54 Å². The van der Waals surface area contributed by atoms with Gasteiger partial charge in [-0.05, 0) is 26.0 Å². The Morgan fingerprint density at radius 2 is 1.82 bits per heavy atom. The van der Waals surface area contributed by atoms with Crippen LogP contribution in [-0.4, -0.2) is 26.9 Å². The maximum atomic E-state index is 14.2. The molecule has 11 heteroatoms. The summed E-state index contributed by atoms with van der Waals surface area (Å²) in [6.07, 6.45) is 0. The molecule has 0 aliphatic carbocycles. The van der Waals surface area contributed by atoms with E-state index in [1.807, 2.05) is 0 Å². The molecule has 2 aromatic heterocycles. The number of H-pyrrole nitrogens is 1. The van der Waals surface area contributed by atoms with Gasteiger partial charge in [-0.2, -0.15) is 5.10 Å². The molecular weight excluding hydrogens is 433 g/mol. The summed E-state index contributed by atoms with van der Waals surface area (Å²) in [5.74, 6) is -1.97. The lowest BCUT2D eigenvalue weighted by atomic mass is 9.93. The highest BCUT2D eigenvalue weighted by molar-refractivity contribution is 6.09. The molecule has 2 heterocycles. The summed E-state index contributed by atoms with van der Waals surface area (Å²) in [4.78, 5) is 35.8. The average Bonchev–Trinajstić information content (AvgIpc) is 3.35. The van der Waals surface area contributed by atoms with Gasteiger partial charge < -0.3 is 15.1 Å². The van der Waals surface area contributed by atoms with E-state index in [4.69, 9.17) is 4.42 Å². The van der Waals surface area contributed by atoms with Crippen LogP contribution in [0.1, 0.15) is 40.3 Å². The Kier molecular flexibility index (Phi) is 5.38. The molecule has 0 saturated carbocycles. The molecule has 2 aromatic carbocycles. The third-order valence-corrected chi connectivity index (χ3v) is 5.01. The van der Waals surface area contributed by atoms with Gasteiger partial charge in [-0.3, -0.25) is 24.8 Å². The Balaban J connectivity index is 1.57. The van der Waals surface area contributed by atoms with Crippen LogP contribution in [0, 0.1) is 15.9 Å². The highest BCUT2D eigenvalue weighted by Crippen LogP contribution is 2.28. The van der Waals surface area contributed by atoms with Crippen molar-refractivity contribution in [3.8, 4) is 0 Å². The molecule has 0 aliphatic rings. The van der Waals surface area contributed by atoms with Crippen LogP contribution in [0.3, 0.4) is 0 Å². The second-order valence-electron chi connectivity index (χ2n) is 7.71. The highest BCUT2D eigenvalue weighted by Gasteiger charge is 2.29. The van der Waals surface area contributed by atoms with Gasteiger partial charge in [0.15, 0.2) is 17.2 Å². The molecule has 0 radical (unpaired) electrons. The molecule has 0 atom stereocenters. The number of nitro benzene ring substituents is 1. The van der Waals surface area contributed by atoms with Gasteiger partial charge >= 0.3 is 0 Å². The molecule has 2 amide bonds. The number of hydrogen-bond acceptors (Lipinski definition) is 6. The number of nitrogens with zero attached hydrogens (tertiary/aromatic N) is 2. The molecule has 3 N–H and O–H groups in total. The third-order valence-electron chi connectivity index (χ3n) is 5.01. The van der Waals surface area contributed by atoms with Crippen LogP contribution < -0.4 is 10.6 Å². The average molecular weight is 451 g/mol. The summed E-state index contributed by atoms with van der Waals surface area (Å²) >= 11 is 0. The van der Waals surface area contributed by atoms with E-state index < -0.39 is 28.1 Å². The first-order valence-electron chi connectivity index (χ1n) is 9.77. The summed E-state index contributed by atoms with van der Waals surface area (Å²) in [5, 5.41) is 22.9. The van der Waals surface area contributed by atoms with E-state index in [1.165, 1.54) is 36.4 Å². The SMILES string of the molecule is CC(C)(NC(=O)c1cc2[nH]nc(NC(=O)c3ccccc3[N+](=O)[O-])c2o1)c1ccccc1F. The number of carbonyl (C=O) groups excluding carboxylic acids is 2. The number of aromatic amines is 1. The topological polar surface area (TPSA) is 143 Å². The lowest BCUT2D eigenvalue weighted by molar-refractivity contribution is -0.385. The fraction of sp³-hybridized carbons (Fsp3) is 0.136. The minimum Gasteiger partial charge on any atom is -0.445 e. The predicted molar refractivity (Wildman–Crippen MR) is 116 cm³/mol. The van der Waals surface area contributed by atoms with Crippen LogP contribution in [0.2, 0.25) is 0 Å². The van der Waals surface area contributed by atoms with Gasteiger partial charge in [-0.1, -0.05) is 30.3 Å². The zero-order chi connectivity index (χ0) is 23.8. The number of furan rings is 1. The maximum Gasteiger partial charge on any atom is 0.287 e. The van der Waals surface area contributed by atoms with E-state index in [0.717, 1.165) is 0 Å². The maximum absolute atomic E-state index is 14.2. The molecule has 10 nitrogen and oxygen atoms in total. The smallest absolute Gasteiger partial charge is 0.287 e. The molecule has 0 fully saturated rings. The summed E-state index contributed by atoms with van der Waals surface area (Å²) in [7, 11) is 0. The first kappa shape index (κ1) is 21.7. The number of carbonyl (C=O) groups is 2. The van der Waals surface area contributed by atoms with Crippen molar-refractivity contribution in [1.82, 2.24) is 15.5 Å². The van der Waals surface area contributed by atoms with Gasteiger partial charge in [-0.15, -0.1) is 0 Å². The monoisotopic (exact) mass is 451 g/mol. The second kappa shape index (κ2) is 8.19. The fourth-order valence-corrected chi connectivity index (χ4v) is 3.39. The number of hydrogen-bond donors (Lipinski definition) is 3. The number of para-hydroxylation sites is 1. The third kappa shape index (κ3) is 4.15. The molecule has 4 rings (SSSR count). The number of halogens is 1. The molecular formula is C22H18FN5O5. The van der Waals surface area contributed by atoms with Crippen LogP contribution in [0.15, 0.2) is 59.0 Å². The number of fused-ring (bicyclic) bond motifs is 1. The summed E-state index contributed by atoms with van der Waals surface area (Å²) in [6, 6.07) is 12.9. The Hall–Kier alpha value is -4.54. The van der Waals surface area contributed by atoms with Crippen molar-refractivity contribution in [2.24, 2.45) is 0 Å². The summed E-state index contributed by atoms with van der Waals surface area (Å²) in [6.45, 7) is 3.30. The van der Waals surface area contributed by atoms with E-state index in [1.54, 1.807) is 32.0 Å². The summed E-state index contributed by atoms with van der Waals surface area (Å²) < 4.78 is 19.8. The molecule has 0 aliphatic heterocycles. The van der Waals surface area contributed by atoms with Crippen molar-refractivity contribution in [3.63, 3.8) is 0 Å². The quantitative estimate of drug-likeness (QED) is 0.297. The Labute approximate surface area is 185 Å². The Morgan fingerprint density at radius 3 is 2.55 bits per heavy atom. The van der Waals surface area contributed by atoms with E-state index in [2.05, 4.69) is 20.8 Å². The Morgan fingerprint density at radius 1 is 1.12 bits per heavy atom. The second-order valence-corrected chi connectivity index (χ2v) is 7.71. The number of nitrogens with one attached hydrogen (secondary N) is 3. The van der Waals surface area contributed by atoms with Gasteiger partial charge in [0.25, 0.3) is 17.5 Å². The van der Waals surface area contributed by atoms with Crippen LogP contribution in [0.25, 0.3) is 11.1 Å². The van der Waals surface area contributed by atoms with Crippen molar-refractivity contribution in [3.05, 3.63) is 87.4 Å². The minimum atomic E-state index is -1.04. The van der Waals surface area contributed by atoms with Crippen molar-refractivity contribution in [2.75, 3.05) is 5.32 Å². The first-order valence-corrected chi connectivity index (χ1v) is 9.77. The molecule has 0 saturated heterocycles. The number of amides is 2. The standard InChI is InChI=1S/C22H18FN5O5/c1-22(2,13-8-4-5-9-14(13)23)25-21(30)17-11-15-18(33-17)19(27-26-15)24-20(29)12-7-3-6-10-16(12)28(31)32/h3-11H,1-2H3,(H,25,30)(H2,24,26,27,29). The van der Waals surface area contributed by atoms with E-state index >= 15 is 0 Å². The van der Waals surface area contributed by atoms with Gasteiger partial charge in [-0.25, -0.2) is 4.39 Å². The van der Waals surface area contributed by atoms with E-state index in [-0.39, 0.29) is 28.4 Å². The first-order chi connectivity index (χ1) is 15.7. The predicted octanol–water partition coefficient (Wildman–Crippen LogP) is 4.12. The van der Waals surface area contributed by atoms with Crippen molar-refractivity contribution in [1.29, 1.82) is 0 Å². The van der Waals surface area contributed by atoms with Crippen molar-refractivity contribution < 1.29 is 23.3 Å². The zero-order valence-corrected chi connectivity index (χ0v) is 17.5. The molecule has 0 bridgehead atoms. The van der Waals surface area contributed by atoms with E-state index in [9.17, 15) is 24.1 Å². The van der Waals surface area contributed by atoms with Gasteiger partial charge in [0.05, 0.1) is 10.5 Å². The van der Waals surface area contributed by atoms with Gasteiger partial charge in [0.2, 0.25) is 0 Å². The lowest BCUT2D eigenvalue weighted by Gasteiger charge is -2.26. The number of rotatable bonds is 6.